The van der Waals surface area contributed by atoms with Gasteiger partial charge in [-0.3, -0.25) is 0 Å². The molecule has 1 aliphatic rings. The SMILES string of the molecule is Cc1cc(S(=O)(=O)NC2CCSCC2)ccc1C#CCN. The van der Waals surface area contributed by atoms with Gasteiger partial charge in [0.2, 0.25) is 10.0 Å². The van der Waals surface area contributed by atoms with Gasteiger partial charge in [0.15, 0.2) is 0 Å². The highest BCUT2D eigenvalue weighted by atomic mass is 32.2. The molecule has 1 aromatic carbocycles. The first-order chi connectivity index (χ1) is 10.0. The van der Waals surface area contributed by atoms with Crippen LogP contribution in [0, 0.1) is 18.8 Å². The van der Waals surface area contributed by atoms with Gasteiger partial charge < -0.3 is 5.73 Å². The molecule has 0 unspecified atom stereocenters. The molecule has 1 saturated heterocycles. The lowest BCUT2D eigenvalue weighted by molar-refractivity contribution is 0.529. The summed E-state index contributed by atoms with van der Waals surface area (Å²) in [5.74, 6) is 7.75. The van der Waals surface area contributed by atoms with E-state index in [-0.39, 0.29) is 6.04 Å². The molecule has 0 atom stereocenters. The molecule has 21 heavy (non-hydrogen) atoms. The third-order valence-corrected chi connectivity index (χ3v) is 5.94. The van der Waals surface area contributed by atoms with Gasteiger partial charge in [0, 0.05) is 11.6 Å². The van der Waals surface area contributed by atoms with Crippen molar-refractivity contribution in [2.45, 2.75) is 30.7 Å². The second-order valence-electron chi connectivity index (χ2n) is 4.99. The molecule has 3 N–H and O–H groups in total. The molecule has 0 aliphatic carbocycles. The van der Waals surface area contributed by atoms with Crippen molar-refractivity contribution in [3.05, 3.63) is 29.3 Å². The Hall–Kier alpha value is -1.00. The molecule has 0 saturated carbocycles. The molecule has 1 fully saturated rings. The highest BCUT2D eigenvalue weighted by molar-refractivity contribution is 7.99. The molecule has 1 heterocycles. The summed E-state index contributed by atoms with van der Waals surface area (Å²) in [7, 11) is -3.45. The fourth-order valence-electron chi connectivity index (χ4n) is 2.19. The Morgan fingerprint density at radius 3 is 2.71 bits per heavy atom. The van der Waals surface area contributed by atoms with Gasteiger partial charge in [0.05, 0.1) is 11.4 Å². The number of rotatable bonds is 3. The van der Waals surface area contributed by atoms with Crippen molar-refractivity contribution in [2.75, 3.05) is 18.1 Å². The van der Waals surface area contributed by atoms with Crippen molar-refractivity contribution in [3.63, 3.8) is 0 Å². The van der Waals surface area contributed by atoms with Crippen LogP contribution in [0.2, 0.25) is 0 Å². The van der Waals surface area contributed by atoms with Crippen LogP contribution in [-0.4, -0.2) is 32.5 Å². The Balaban J connectivity index is 2.18. The maximum atomic E-state index is 12.4. The lowest BCUT2D eigenvalue weighted by Gasteiger charge is -2.22. The lowest BCUT2D eigenvalue weighted by Crippen LogP contribution is -2.37. The third-order valence-electron chi connectivity index (χ3n) is 3.38. The number of nitrogens with one attached hydrogen (secondary N) is 1. The van der Waals surface area contributed by atoms with Crippen LogP contribution in [0.3, 0.4) is 0 Å². The maximum Gasteiger partial charge on any atom is 0.240 e. The molecule has 0 amide bonds. The fourth-order valence-corrected chi connectivity index (χ4v) is 4.69. The molecule has 114 valence electrons. The average Bonchev–Trinajstić information content (AvgIpc) is 2.46. The van der Waals surface area contributed by atoms with Crippen LogP contribution in [0.25, 0.3) is 0 Å². The standard InChI is InChI=1S/C15H20N2O2S2/c1-12-11-15(5-4-13(12)3-2-8-16)21(18,19)17-14-6-9-20-10-7-14/h4-5,11,14,17H,6-10,16H2,1H3. The summed E-state index contributed by atoms with van der Waals surface area (Å²) in [6.45, 7) is 2.15. The van der Waals surface area contributed by atoms with Gasteiger partial charge in [-0.05, 0) is 55.0 Å². The number of aryl methyl sites for hydroxylation is 1. The van der Waals surface area contributed by atoms with Gasteiger partial charge in [0.1, 0.15) is 0 Å². The summed E-state index contributed by atoms with van der Waals surface area (Å²) in [5.41, 5.74) is 7.01. The smallest absolute Gasteiger partial charge is 0.240 e. The van der Waals surface area contributed by atoms with Crippen LogP contribution < -0.4 is 10.5 Å². The third kappa shape index (κ3) is 4.48. The Morgan fingerprint density at radius 2 is 2.10 bits per heavy atom. The van der Waals surface area contributed by atoms with Crippen LogP contribution in [-0.2, 0) is 10.0 Å². The van der Waals surface area contributed by atoms with E-state index in [4.69, 9.17) is 5.73 Å². The predicted molar refractivity (Wildman–Crippen MR) is 87.8 cm³/mol. The largest absolute Gasteiger partial charge is 0.320 e. The molecule has 0 radical (unpaired) electrons. The summed E-state index contributed by atoms with van der Waals surface area (Å²) in [6, 6.07) is 5.06. The summed E-state index contributed by atoms with van der Waals surface area (Å²) in [4.78, 5) is 0.302. The Labute approximate surface area is 130 Å². The Bertz CT molecular complexity index is 654. The van der Waals surface area contributed by atoms with Crippen molar-refractivity contribution in [1.29, 1.82) is 0 Å². The monoisotopic (exact) mass is 324 g/mol. The minimum atomic E-state index is -3.45. The first-order valence-corrected chi connectivity index (χ1v) is 9.56. The number of hydrogen-bond donors (Lipinski definition) is 2. The molecule has 0 spiro atoms. The number of hydrogen-bond acceptors (Lipinski definition) is 4. The molecular formula is C15H20N2O2S2. The molecular weight excluding hydrogens is 304 g/mol. The van der Waals surface area contributed by atoms with E-state index in [1.807, 2.05) is 18.7 Å². The topological polar surface area (TPSA) is 72.2 Å². The number of nitrogens with two attached hydrogens (primary N) is 1. The summed E-state index contributed by atoms with van der Waals surface area (Å²) < 4.78 is 27.6. The predicted octanol–water partition coefficient (Wildman–Crippen LogP) is 1.48. The molecule has 0 bridgehead atoms. The molecule has 2 rings (SSSR count). The van der Waals surface area contributed by atoms with Crippen molar-refractivity contribution >= 4 is 21.8 Å². The number of sulfonamides is 1. The molecule has 4 nitrogen and oxygen atoms in total. The second kappa shape index (κ2) is 7.32. The van der Waals surface area contributed by atoms with Gasteiger partial charge in [-0.2, -0.15) is 11.8 Å². The van der Waals surface area contributed by atoms with Gasteiger partial charge in [-0.15, -0.1) is 0 Å². The second-order valence-corrected chi connectivity index (χ2v) is 7.93. The first-order valence-electron chi connectivity index (χ1n) is 6.92. The van der Waals surface area contributed by atoms with Gasteiger partial charge >= 0.3 is 0 Å². The van der Waals surface area contributed by atoms with E-state index < -0.39 is 10.0 Å². The fraction of sp³-hybridized carbons (Fsp3) is 0.467. The zero-order chi connectivity index (χ0) is 15.3. The number of thioether (sulfide) groups is 1. The zero-order valence-corrected chi connectivity index (χ0v) is 13.7. The summed E-state index contributed by atoms with van der Waals surface area (Å²) in [5, 5.41) is 0. The minimum absolute atomic E-state index is 0.0493. The van der Waals surface area contributed by atoms with E-state index >= 15 is 0 Å². The normalized spacial score (nSPS) is 16.3. The van der Waals surface area contributed by atoms with Crippen LogP contribution in [0.4, 0.5) is 0 Å². The molecule has 1 aliphatic heterocycles. The van der Waals surface area contributed by atoms with E-state index in [0.717, 1.165) is 35.5 Å². The van der Waals surface area contributed by atoms with E-state index in [1.54, 1.807) is 18.2 Å². The van der Waals surface area contributed by atoms with Crippen LogP contribution in [0.1, 0.15) is 24.0 Å². The average molecular weight is 324 g/mol. The van der Waals surface area contributed by atoms with E-state index in [2.05, 4.69) is 16.6 Å². The van der Waals surface area contributed by atoms with Crippen molar-refractivity contribution in [1.82, 2.24) is 4.72 Å². The highest BCUT2D eigenvalue weighted by Crippen LogP contribution is 2.20. The minimum Gasteiger partial charge on any atom is -0.320 e. The van der Waals surface area contributed by atoms with Gasteiger partial charge in [0.25, 0.3) is 0 Å². The van der Waals surface area contributed by atoms with Crippen molar-refractivity contribution in [3.8, 4) is 11.8 Å². The first kappa shape index (κ1) is 16.4. The van der Waals surface area contributed by atoms with E-state index in [9.17, 15) is 8.42 Å². The van der Waals surface area contributed by atoms with Crippen LogP contribution >= 0.6 is 11.8 Å². The van der Waals surface area contributed by atoms with Crippen LogP contribution in [0.15, 0.2) is 23.1 Å². The van der Waals surface area contributed by atoms with Gasteiger partial charge in [-0.1, -0.05) is 11.8 Å². The summed E-state index contributed by atoms with van der Waals surface area (Å²) in [6.07, 6.45) is 1.78. The Kier molecular flexibility index (Phi) is 5.71. The highest BCUT2D eigenvalue weighted by Gasteiger charge is 2.22. The quantitative estimate of drug-likeness (QED) is 0.826. The maximum absolute atomic E-state index is 12.4. The zero-order valence-electron chi connectivity index (χ0n) is 12.1. The van der Waals surface area contributed by atoms with E-state index in [0.29, 0.717) is 11.4 Å². The molecule has 0 aromatic heterocycles. The van der Waals surface area contributed by atoms with E-state index in [1.165, 1.54) is 0 Å². The van der Waals surface area contributed by atoms with Crippen LogP contribution in [0.5, 0.6) is 0 Å². The lowest BCUT2D eigenvalue weighted by atomic mass is 10.1. The summed E-state index contributed by atoms with van der Waals surface area (Å²) >= 11 is 1.87. The molecule has 1 aromatic rings. The number of benzene rings is 1. The molecule has 6 heteroatoms. The van der Waals surface area contributed by atoms with Crippen molar-refractivity contribution in [2.24, 2.45) is 5.73 Å². The Morgan fingerprint density at radius 1 is 1.38 bits per heavy atom. The van der Waals surface area contributed by atoms with Crippen molar-refractivity contribution < 1.29 is 8.42 Å². The van der Waals surface area contributed by atoms with Gasteiger partial charge in [-0.25, -0.2) is 13.1 Å².